The largest absolute Gasteiger partial charge is 0.365 e. The molecule has 5 heteroatoms. The summed E-state index contributed by atoms with van der Waals surface area (Å²) in [6, 6.07) is 5.62. The maximum atomic E-state index is 10.7. The predicted octanol–water partition coefficient (Wildman–Crippen LogP) is 2.37. The zero-order chi connectivity index (χ0) is 11.8. The first-order valence-electron chi connectivity index (χ1n) is 6.14. The molecule has 2 atom stereocenters. The number of aromatic nitrogens is 1. The highest BCUT2D eigenvalue weighted by Crippen LogP contribution is 2.39. The maximum absolute atomic E-state index is 10.7. The summed E-state index contributed by atoms with van der Waals surface area (Å²) in [5.41, 5.74) is 0. The molecule has 0 bridgehead atoms. The van der Waals surface area contributed by atoms with Gasteiger partial charge in [-0.2, -0.15) is 0 Å². The second-order valence-electron chi connectivity index (χ2n) is 4.85. The summed E-state index contributed by atoms with van der Waals surface area (Å²) < 4.78 is 0. The van der Waals surface area contributed by atoms with Crippen molar-refractivity contribution < 1.29 is 4.92 Å². The molecule has 5 nitrogen and oxygen atoms in total. The SMILES string of the molecule is O=[N+]([O-])c1cccc(N2CC[C@@H]3CCC[C@@H]32)n1. The lowest BCUT2D eigenvalue weighted by atomic mass is 10.0. The van der Waals surface area contributed by atoms with Crippen LogP contribution < -0.4 is 4.90 Å². The van der Waals surface area contributed by atoms with Crippen LogP contribution >= 0.6 is 0 Å². The van der Waals surface area contributed by atoms with Crippen molar-refractivity contribution in [3.8, 4) is 0 Å². The summed E-state index contributed by atoms with van der Waals surface area (Å²) in [5.74, 6) is 1.49. The zero-order valence-corrected chi connectivity index (χ0v) is 9.58. The van der Waals surface area contributed by atoms with Gasteiger partial charge in [0.1, 0.15) is 0 Å². The van der Waals surface area contributed by atoms with Crippen LogP contribution in [0, 0.1) is 16.0 Å². The zero-order valence-electron chi connectivity index (χ0n) is 9.58. The van der Waals surface area contributed by atoms with Crippen LogP contribution in [0.1, 0.15) is 25.7 Å². The lowest BCUT2D eigenvalue weighted by Gasteiger charge is -2.21. The highest BCUT2D eigenvalue weighted by atomic mass is 16.6. The molecule has 1 saturated carbocycles. The van der Waals surface area contributed by atoms with Crippen molar-refractivity contribution in [1.82, 2.24) is 4.98 Å². The van der Waals surface area contributed by atoms with Crippen LogP contribution in [-0.2, 0) is 0 Å². The first-order chi connectivity index (χ1) is 8.25. The molecule has 1 aromatic rings. The second kappa shape index (κ2) is 3.98. The van der Waals surface area contributed by atoms with Gasteiger partial charge >= 0.3 is 5.82 Å². The molecule has 3 rings (SSSR count). The number of pyridine rings is 1. The van der Waals surface area contributed by atoms with Gasteiger partial charge < -0.3 is 15.0 Å². The van der Waals surface area contributed by atoms with Crippen LogP contribution in [0.25, 0.3) is 0 Å². The number of fused-ring (bicyclic) bond motifs is 1. The molecule has 0 radical (unpaired) electrons. The van der Waals surface area contributed by atoms with E-state index in [4.69, 9.17) is 0 Å². The Hall–Kier alpha value is -1.65. The molecule has 1 aromatic heterocycles. The molecule has 1 aliphatic heterocycles. The molecule has 1 saturated heterocycles. The number of nitrogens with zero attached hydrogens (tertiary/aromatic N) is 3. The minimum Gasteiger partial charge on any atom is -0.358 e. The van der Waals surface area contributed by atoms with E-state index in [1.165, 1.54) is 31.7 Å². The fraction of sp³-hybridized carbons (Fsp3) is 0.583. The molecule has 0 amide bonds. The molecule has 2 heterocycles. The summed E-state index contributed by atoms with van der Waals surface area (Å²) in [5, 5.41) is 10.7. The van der Waals surface area contributed by atoms with Crippen LogP contribution in [0.5, 0.6) is 0 Å². The van der Waals surface area contributed by atoms with Gasteiger partial charge in [-0.3, -0.25) is 0 Å². The average Bonchev–Trinajstić information content (AvgIpc) is 2.90. The number of hydrogen-bond acceptors (Lipinski definition) is 4. The average molecular weight is 233 g/mol. The Labute approximate surface area is 99.6 Å². The summed E-state index contributed by atoms with van der Waals surface area (Å²) in [7, 11) is 0. The van der Waals surface area contributed by atoms with Crippen LogP contribution in [0.3, 0.4) is 0 Å². The van der Waals surface area contributed by atoms with Crippen molar-refractivity contribution in [2.45, 2.75) is 31.7 Å². The highest BCUT2D eigenvalue weighted by molar-refractivity contribution is 5.45. The highest BCUT2D eigenvalue weighted by Gasteiger charge is 2.39. The number of nitro groups is 1. The minimum atomic E-state index is -0.425. The van der Waals surface area contributed by atoms with E-state index < -0.39 is 4.92 Å². The normalized spacial score (nSPS) is 27.2. The van der Waals surface area contributed by atoms with Gasteiger partial charge in [-0.15, -0.1) is 0 Å². The second-order valence-corrected chi connectivity index (χ2v) is 4.85. The molecule has 0 unspecified atom stereocenters. The van der Waals surface area contributed by atoms with E-state index in [1.807, 2.05) is 6.07 Å². The standard InChI is InChI=1S/C12H15N3O2/c16-15(17)12-6-2-5-11(13-12)14-8-7-9-3-1-4-10(9)14/h2,5-6,9-10H,1,3-4,7-8H2/t9-,10-/m0/s1. The monoisotopic (exact) mass is 233 g/mol. The summed E-state index contributed by atoms with van der Waals surface area (Å²) in [4.78, 5) is 16.7. The van der Waals surface area contributed by atoms with Crippen molar-refractivity contribution in [2.75, 3.05) is 11.4 Å². The molecule has 0 spiro atoms. The third-order valence-corrected chi connectivity index (χ3v) is 3.96. The molecule has 1 aliphatic carbocycles. The quantitative estimate of drug-likeness (QED) is 0.581. The molecular weight excluding hydrogens is 218 g/mol. The Bertz CT molecular complexity index is 449. The topological polar surface area (TPSA) is 59.3 Å². The molecule has 0 aromatic carbocycles. The van der Waals surface area contributed by atoms with E-state index >= 15 is 0 Å². The Balaban J connectivity index is 1.88. The van der Waals surface area contributed by atoms with Gasteiger partial charge in [0, 0.05) is 24.7 Å². The van der Waals surface area contributed by atoms with Gasteiger partial charge in [0.2, 0.25) is 5.82 Å². The van der Waals surface area contributed by atoms with E-state index in [2.05, 4.69) is 9.88 Å². The molecule has 90 valence electrons. The lowest BCUT2D eigenvalue weighted by molar-refractivity contribution is -0.389. The molecule has 2 fully saturated rings. The van der Waals surface area contributed by atoms with Crippen molar-refractivity contribution in [2.24, 2.45) is 5.92 Å². The number of rotatable bonds is 2. The van der Waals surface area contributed by atoms with E-state index in [0.29, 0.717) is 6.04 Å². The maximum Gasteiger partial charge on any atom is 0.365 e. The lowest BCUT2D eigenvalue weighted by Crippen LogP contribution is -2.30. The number of hydrogen-bond donors (Lipinski definition) is 0. The Morgan fingerprint density at radius 1 is 1.35 bits per heavy atom. The molecule has 0 N–H and O–H groups in total. The van der Waals surface area contributed by atoms with Crippen molar-refractivity contribution in [3.63, 3.8) is 0 Å². The van der Waals surface area contributed by atoms with Gasteiger partial charge in [0.25, 0.3) is 0 Å². The van der Waals surface area contributed by atoms with Gasteiger partial charge in [-0.1, -0.05) is 6.42 Å². The molecular formula is C12H15N3O2. The Morgan fingerprint density at radius 3 is 3.06 bits per heavy atom. The van der Waals surface area contributed by atoms with Gasteiger partial charge in [0.05, 0.1) is 0 Å². The van der Waals surface area contributed by atoms with Gasteiger partial charge in [-0.25, -0.2) is 0 Å². The fourth-order valence-corrected chi connectivity index (χ4v) is 3.19. The fourth-order valence-electron chi connectivity index (χ4n) is 3.19. The Morgan fingerprint density at radius 2 is 2.24 bits per heavy atom. The number of anilines is 1. The van der Waals surface area contributed by atoms with Crippen LogP contribution in [-0.4, -0.2) is 22.5 Å². The first kappa shape index (κ1) is 10.5. The van der Waals surface area contributed by atoms with Crippen LogP contribution in [0.15, 0.2) is 18.2 Å². The van der Waals surface area contributed by atoms with E-state index in [1.54, 1.807) is 6.07 Å². The van der Waals surface area contributed by atoms with E-state index in [-0.39, 0.29) is 5.82 Å². The van der Waals surface area contributed by atoms with E-state index in [0.717, 1.165) is 18.3 Å². The predicted molar refractivity (Wildman–Crippen MR) is 64.0 cm³/mol. The summed E-state index contributed by atoms with van der Waals surface area (Å²) in [6.45, 7) is 0.990. The minimum absolute atomic E-state index is 0.0519. The summed E-state index contributed by atoms with van der Waals surface area (Å²) >= 11 is 0. The van der Waals surface area contributed by atoms with Gasteiger partial charge in [0.15, 0.2) is 0 Å². The van der Waals surface area contributed by atoms with E-state index in [9.17, 15) is 10.1 Å². The molecule has 2 aliphatic rings. The van der Waals surface area contributed by atoms with Crippen molar-refractivity contribution in [3.05, 3.63) is 28.3 Å². The molecule has 17 heavy (non-hydrogen) atoms. The smallest absolute Gasteiger partial charge is 0.358 e. The third-order valence-electron chi connectivity index (χ3n) is 3.96. The summed E-state index contributed by atoms with van der Waals surface area (Å²) in [6.07, 6.45) is 4.99. The van der Waals surface area contributed by atoms with Crippen molar-refractivity contribution >= 4 is 11.6 Å². The third kappa shape index (κ3) is 1.75. The Kier molecular flexibility index (Phi) is 2.46. The van der Waals surface area contributed by atoms with Crippen LogP contribution in [0.2, 0.25) is 0 Å². The first-order valence-corrected chi connectivity index (χ1v) is 6.14. The van der Waals surface area contributed by atoms with Crippen LogP contribution in [0.4, 0.5) is 11.6 Å². The van der Waals surface area contributed by atoms with Crippen molar-refractivity contribution in [1.29, 1.82) is 0 Å². The van der Waals surface area contributed by atoms with Gasteiger partial charge in [-0.05, 0) is 41.2 Å².